The molecule has 0 aromatic heterocycles. The predicted molar refractivity (Wildman–Crippen MR) is 156 cm³/mol. The van der Waals surface area contributed by atoms with E-state index >= 15 is 0 Å². The third kappa shape index (κ3) is 4.90. The fourth-order valence-corrected chi connectivity index (χ4v) is 7.22. The number of hydrogen-bond acceptors (Lipinski definition) is 5. The molecule has 3 heterocycles. The van der Waals surface area contributed by atoms with Crippen LogP contribution >= 0.6 is 0 Å². The minimum absolute atomic E-state index is 0.00348. The summed E-state index contributed by atoms with van der Waals surface area (Å²) in [7, 11) is 0. The summed E-state index contributed by atoms with van der Waals surface area (Å²) in [5.41, 5.74) is 0.825. The van der Waals surface area contributed by atoms with E-state index in [1.807, 2.05) is 45.9 Å². The Kier molecular flexibility index (Phi) is 8.90. The Labute approximate surface area is 238 Å². The highest BCUT2D eigenvalue weighted by molar-refractivity contribution is 6.05. The van der Waals surface area contributed by atoms with Crippen LogP contribution in [0.5, 0.6) is 0 Å². The number of unbranched alkanes of at least 4 members (excludes halogenated alkanes) is 1. The summed E-state index contributed by atoms with van der Waals surface area (Å²) < 4.78 is 6.81. The molecule has 3 aliphatic rings. The van der Waals surface area contributed by atoms with Gasteiger partial charge in [-0.3, -0.25) is 14.4 Å². The molecule has 0 aliphatic carbocycles. The van der Waals surface area contributed by atoms with Crippen molar-refractivity contribution in [1.82, 2.24) is 9.80 Å². The van der Waals surface area contributed by atoms with Crippen molar-refractivity contribution in [1.29, 1.82) is 0 Å². The molecule has 40 heavy (non-hydrogen) atoms. The topological polar surface area (TPSA) is 90.4 Å². The van der Waals surface area contributed by atoms with Crippen molar-refractivity contribution in [3.05, 3.63) is 54.6 Å². The highest BCUT2D eigenvalue weighted by atomic mass is 16.5. The number of fused-ring (bicyclic) bond motifs is 1. The van der Waals surface area contributed by atoms with Gasteiger partial charge in [0.1, 0.15) is 11.6 Å². The molecule has 2 unspecified atom stereocenters. The zero-order valence-corrected chi connectivity index (χ0v) is 24.5. The molecular formula is C32H45N3O5. The first kappa shape index (κ1) is 30.0. The van der Waals surface area contributed by atoms with Gasteiger partial charge < -0.3 is 24.5 Å². The molecule has 5 atom stereocenters. The monoisotopic (exact) mass is 551 g/mol. The number of amides is 3. The molecule has 0 radical (unpaired) electrons. The fourth-order valence-electron chi connectivity index (χ4n) is 7.22. The number of carbonyl (C=O) groups excluding carboxylic acids is 3. The molecule has 2 bridgehead atoms. The zero-order valence-electron chi connectivity index (χ0n) is 24.5. The molecule has 218 valence electrons. The maximum atomic E-state index is 14.7. The number of hydrogen-bond donors (Lipinski definition) is 1. The highest BCUT2D eigenvalue weighted by Crippen LogP contribution is 2.63. The Morgan fingerprint density at radius 2 is 1.88 bits per heavy atom. The maximum Gasteiger partial charge on any atom is 0.253 e. The van der Waals surface area contributed by atoms with Crippen LogP contribution in [0.1, 0.15) is 57.1 Å². The lowest BCUT2D eigenvalue weighted by Crippen LogP contribution is -2.56. The second-order valence-corrected chi connectivity index (χ2v) is 11.8. The lowest BCUT2D eigenvalue weighted by molar-refractivity contribution is -0.149. The van der Waals surface area contributed by atoms with Crippen LogP contribution in [0.4, 0.5) is 5.69 Å². The smallest absolute Gasteiger partial charge is 0.253 e. The summed E-state index contributed by atoms with van der Waals surface area (Å²) in [6.45, 7) is 17.2. The number of carbonyl (C=O) groups is 3. The molecular weight excluding hydrogens is 506 g/mol. The van der Waals surface area contributed by atoms with E-state index in [1.165, 1.54) is 0 Å². The molecule has 1 spiro atoms. The number of rotatable bonds is 13. The third-order valence-corrected chi connectivity index (χ3v) is 8.97. The van der Waals surface area contributed by atoms with Gasteiger partial charge in [0.2, 0.25) is 11.8 Å². The molecule has 3 saturated heterocycles. The number of aryl methyl sites for hydroxylation is 2. The summed E-state index contributed by atoms with van der Waals surface area (Å²) >= 11 is 0. The molecule has 4 rings (SSSR count). The Balaban J connectivity index is 1.81. The van der Waals surface area contributed by atoms with E-state index in [1.54, 1.807) is 26.9 Å². The lowest BCUT2D eigenvalue weighted by atomic mass is 9.66. The molecule has 3 fully saturated rings. The van der Waals surface area contributed by atoms with E-state index in [-0.39, 0.29) is 30.9 Å². The van der Waals surface area contributed by atoms with E-state index in [0.717, 1.165) is 23.2 Å². The average Bonchev–Trinajstić information content (AvgIpc) is 3.49. The Hall–Kier alpha value is -2.97. The molecule has 8 nitrogen and oxygen atoms in total. The van der Waals surface area contributed by atoms with E-state index in [2.05, 4.69) is 13.2 Å². The maximum absolute atomic E-state index is 14.7. The number of aliphatic hydroxyl groups excluding tert-OH is 1. The summed E-state index contributed by atoms with van der Waals surface area (Å²) in [6.07, 6.45) is 6.38. The van der Waals surface area contributed by atoms with Gasteiger partial charge in [0.15, 0.2) is 0 Å². The normalized spacial score (nSPS) is 28.5. The molecule has 1 aromatic carbocycles. The Morgan fingerprint density at radius 1 is 1.15 bits per heavy atom. The fraction of sp³-hybridized carbons (Fsp3) is 0.594. The van der Waals surface area contributed by atoms with Gasteiger partial charge in [0.25, 0.3) is 5.91 Å². The summed E-state index contributed by atoms with van der Waals surface area (Å²) in [4.78, 5) is 48.2. The molecule has 3 amide bonds. The first-order valence-electron chi connectivity index (χ1n) is 14.6. The van der Waals surface area contributed by atoms with Gasteiger partial charge >= 0.3 is 0 Å². The van der Waals surface area contributed by atoms with Crippen LogP contribution in [0.3, 0.4) is 0 Å². The first-order chi connectivity index (χ1) is 19.1. The molecule has 1 N–H and O–H groups in total. The van der Waals surface area contributed by atoms with Gasteiger partial charge in [-0.15, -0.1) is 13.2 Å². The highest BCUT2D eigenvalue weighted by Gasteiger charge is 2.78. The lowest BCUT2D eigenvalue weighted by Gasteiger charge is -2.37. The van der Waals surface area contributed by atoms with Crippen LogP contribution in [0.25, 0.3) is 0 Å². The van der Waals surface area contributed by atoms with Crippen molar-refractivity contribution in [3.63, 3.8) is 0 Å². The molecule has 1 aromatic rings. The van der Waals surface area contributed by atoms with Crippen molar-refractivity contribution in [2.24, 2.45) is 11.8 Å². The quantitative estimate of drug-likeness (QED) is 0.298. The van der Waals surface area contributed by atoms with Gasteiger partial charge in [0.05, 0.1) is 17.4 Å². The van der Waals surface area contributed by atoms with Crippen LogP contribution in [-0.4, -0.2) is 82.7 Å². The van der Waals surface area contributed by atoms with E-state index < -0.39 is 29.1 Å². The van der Waals surface area contributed by atoms with E-state index in [9.17, 15) is 19.5 Å². The van der Waals surface area contributed by atoms with Crippen molar-refractivity contribution in [2.45, 2.75) is 77.0 Å². The number of ether oxygens (including phenoxy) is 1. The SMILES string of the molecule is C=CCN(CCC)C(=O)[C@@H]1[C@H]2C(=O)N(CCCCO)C(C(=O)N(CC=C)c3cc(C)ccc3C)C23CC[C@@]1(C)O3. The van der Waals surface area contributed by atoms with Gasteiger partial charge in [-0.1, -0.05) is 31.2 Å². The molecule has 0 saturated carbocycles. The van der Waals surface area contributed by atoms with Gasteiger partial charge in [-0.05, 0) is 70.1 Å². The largest absolute Gasteiger partial charge is 0.396 e. The van der Waals surface area contributed by atoms with E-state index in [0.29, 0.717) is 45.3 Å². The van der Waals surface area contributed by atoms with Crippen molar-refractivity contribution < 1.29 is 24.2 Å². The first-order valence-corrected chi connectivity index (χ1v) is 14.6. The van der Waals surface area contributed by atoms with Crippen molar-refractivity contribution in [2.75, 3.05) is 37.7 Å². The number of likely N-dealkylation sites (tertiary alicyclic amines) is 1. The minimum atomic E-state index is -1.09. The van der Waals surface area contributed by atoms with Crippen LogP contribution < -0.4 is 4.90 Å². The van der Waals surface area contributed by atoms with Crippen LogP contribution in [0, 0.1) is 25.7 Å². The number of aliphatic hydroxyl groups is 1. The standard InChI is InChI=1S/C32H45N3O5/c1-7-16-33(17-8-2)28(37)25-26-29(38)35(19-10-11-20-36)27(32(26)15-14-31(25,6)40-32)30(39)34(18-9-3)24-21-22(4)12-13-23(24)5/h7,9,12-13,21,25-27,36H,1,3,8,10-11,14-20H2,2,4-6H3/t25-,26-,27?,31+,32?/m0/s1. The van der Waals surface area contributed by atoms with Gasteiger partial charge in [0, 0.05) is 38.5 Å². The third-order valence-electron chi connectivity index (χ3n) is 8.97. The van der Waals surface area contributed by atoms with E-state index in [4.69, 9.17) is 4.74 Å². The Morgan fingerprint density at radius 3 is 2.52 bits per heavy atom. The number of nitrogens with zero attached hydrogens (tertiary/aromatic N) is 3. The summed E-state index contributed by atoms with van der Waals surface area (Å²) in [5, 5.41) is 9.45. The number of anilines is 1. The average molecular weight is 552 g/mol. The molecule has 3 aliphatic heterocycles. The predicted octanol–water partition coefficient (Wildman–Crippen LogP) is 3.78. The second kappa shape index (κ2) is 11.9. The van der Waals surface area contributed by atoms with Gasteiger partial charge in [-0.25, -0.2) is 0 Å². The second-order valence-electron chi connectivity index (χ2n) is 11.8. The number of benzene rings is 1. The summed E-state index contributed by atoms with van der Waals surface area (Å²) in [5.74, 6) is -1.94. The van der Waals surface area contributed by atoms with Crippen LogP contribution in [-0.2, 0) is 19.1 Å². The Bertz CT molecular complexity index is 1170. The minimum Gasteiger partial charge on any atom is -0.396 e. The van der Waals surface area contributed by atoms with Gasteiger partial charge in [-0.2, -0.15) is 0 Å². The van der Waals surface area contributed by atoms with Crippen LogP contribution in [0.15, 0.2) is 43.5 Å². The van der Waals surface area contributed by atoms with Crippen molar-refractivity contribution >= 4 is 23.4 Å². The summed E-state index contributed by atoms with van der Waals surface area (Å²) in [6, 6.07) is 5.11. The van der Waals surface area contributed by atoms with Crippen LogP contribution in [0.2, 0.25) is 0 Å². The van der Waals surface area contributed by atoms with Crippen molar-refractivity contribution in [3.8, 4) is 0 Å². The zero-order chi connectivity index (χ0) is 29.2. The molecule has 8 heteroatoms.